The number of rotatable bonds is 2. The first-order chi connectivity index (χ1) is 9.72. The van der Waals surface area contributed by atoms with Gasteiger partial charge in [0.05, 0.1) is 0 Å². The van der Waals surface area contributed by atoms with Crippen molar-refractivity contribution in [3.05, 3.63) is 0 Å². The molecule has 0 aliphatic heterocycles. The fourth-order valence-corrected chi connectivity index (χ4v) is 5.60. The Morgan fingerprint density at radius 1 is 0.364 bits per heavy atom. The smallest absolute Gasteiger partial charge is 0.0386 e. The van der Waals surface area contributed by atoms with Gasteiger partial charge in [0.15, 0.2) is 0 Å². The van der Waals surface area contributed by atoms with Gasteiger partial charge in [0, 0.05) is 0 Å². The molecule has 0 saturated heterocycles. The molecule has 0 unspecified atom stereocenters. The largest absolute Gasteiger partial charge is 0.412 e. The molecule has 3 saturated carbocycles. The molecule has 22 heavy (non-hydrogen) atoms. The van der Waals surface area contributed by atoms with Crippen LogP contribution in [-0.4, -0.2) is 11.0 Å². The van der Waals surface area contributed by atoms with Crippen LogP contribution in [0.25, 0.3) is 0 Å². The summed E-state index contributed by atoms with van der Waals surface area (Å²) >= 11 is 0. The quantitative estimate of drug-likeness (QED) is 0.703. The predicted molar refractivity (Wildman–Crippen MR) is 94.9 cm³/mol. The van der Waals surface area contributed by atoms with Gasteiger partial charge in [-0.2, -0.15) is 0 Å². The average molecular weight is 313 g/mol. The van der Waals surface area contributed by atoms with Gasteiger partial charge >= 0.3 is 0 Å². The second-order valence-electron chi connectivity index (χ2n) is 8.71. The molecule has 3 rings (SSSR count). The topological polar surface area (TPSA) is 63.0 Å². The summed E-state index contributed by atoms with van der Waals surface area (Å²) in [4.78, 5) is 0. The Morgan fingerprint density at radius 3 is 0.773 bits per heavy atom. The zero-order valence-corrected chi connectivity index (χ0v) is 14.9. The van der Waals surface area contributed by atoms with Crippen LogP contribution >= 0.6 is 0 Å². The van der Waals surface area contributed by atoms with Crippen LogP contribution in [-0.2, 0) is 0 Å². The van der Waals surface area contributed by atoms with Gasteiger partial charge in [-0.05, 0) is 86.9 Å². The van der Waals surface area contributed by atoms with E-state index in [4.69, 9.17) is 0 Å². The van der Waals surface area contributed by atoms with E-state index in [9.17, 15) is 0 Å². The highest BCUT2D eigenvalue weighted by molar-refractivity contribution is 4.85. The fourth-order valence-electron chi connectivity index (χ4n) is 5.60. The summed E-state index contributed by atoms with van der Waals surface area (Å²) in [7, 11) is 0. The molecule has 0 aromatic carbocycles. The molecule has 3 fully saturated rings. The van der Waals surface area contributed by atoms with Crippen LogP contribution in [0.2, 0.25) is 0 Å². The summed E-state index contributed by atoms with van der Waals surface area (Å²) in [6, 6.07) is 0. The maximum atomic E-state index is 2.46. The minimum atomic E-state index is 0. The van der Waals surface area contributed by atoms with Crippen molar-refractivity contribution < 1.29 is 11.0 Å². The van der Waals surface area contributed by atoms with E-state index in [2.05, 4.69) is 13.8 Å². The summed E-state index contributed by atoms with van der Waals surface area (Å²) in [5.74, 6) is 6.48. The first kappa shape index (κ1) is 20.0. The molecular weight excluding hydrogens is 272 g/mol. The van der Waals surface area contributed by atoms with E-state index in [1.165, 1.54) is 25.7 Å². The van der Waals surface area contributed by atoms with Crippen molar-refractivity contribution in [3.63, 3.8) is 0 Å². The van der Waals surface area contributed by atoms with E-state index in [1.807, 2.05) is 0 Å². The second-order valence-corrected chi connectivity index (χ2v) is 8.71. The minimum absolute atomic E-state index is 0. The fraction of sp³-hybridized carbons (Fsp3) is 1.00. The van der Waals surface area contributed by atoms with E-state index in [0.29, 0.717) is 0 Å². The number of hydrogen-bond acceptors (Lipinski definition) is 0. The predicted octanol–water partition coefficient (Wildman–Crippen LogP) is 4.80. The molecule has 0 heterocycles. The lowest BCUT2D eigenvalue weighted by atomic mass is 9.65. The lowest BCUT2D eigenvalue weighted by Crippen LogP contribution is -2.29. The Morgan fingerprint density at radius 2 is 0.545 bits per heavy atom. The van der Waals surface area contributed by atoms with E-state index in [-0.39, 0.29) is 11.0 Å². The highest BCUT2D eigenvalue weighted by Gasteiger charge is 2.33. The Bertz CT molecular complexity index is 250. The first-order valence-corrected chi connectivity index (χ1v) is 9.72. The van der Waals surface area contributed by atoms with Crippen molar-refractivity contribution in [3.8, 4) is 0 Å². The molecule has 0 aromatic rings. The third-order valence-corrected chi connectivity index (χ3v) is 7.27. The molecule has 3 aliphatic carbocycles. The van der Waals surface area contributed by atoms with Gasteiger partial charge in [-0.1, -0.05) is 39.5 Å². The van der Waals surface area contributed by atoms with E-state index in [1.54, 1.807) is 51.4 Å². The van der Waals surface area contributed by atoms with Crippen molar-refractivity contribution in [2.75, 3.05) is 0 Å². The SMILES string of the molecule is CC1CCC(C2CCC(C3CCC(C)CC3)CC2)CC1.O.O. The van der Waals surface area contributed by atoms with Gasteiger partial charge in [0.1, 0.15) is 0 Å². The third-order valence-electron chi connectivity index (χ3n) is 7.27. The number of hydrogen-bond donors (Lipinski definition) is 0. The molecule has 0 atom stereocenters. The van der Waals surface area contributed by atoms with Crippen LogP contribution in [0.3, 0.4) is 0 Å². The monoisotopic (exact) mass is 312 g/mol. The summed E-state index contributed by atoms with van der Waals surface area (Å²) in [6.07, 6.45) is 18.6. The van der Waals surface area contributed by atoms with E-state index in [0.717, 1.165) is 35.5 Å². The first-order valence-electron chi connectivity index (χ1n) is 9.72. The van der Waals surface area contributed by atoms with Gasteiger partial charge in [-0.25, -0.2) is 0 Å². The molecule has 132 valence electrons. The molecule has 3 aliphatic rings. The summed E-state index contributed by atoms with van der Waals surface area (Å²) in [6.45, 7) is 4.91. The van der Waals surface area contributed by atoms with Crippen molar-refractivity contribution >= 4 is 0 Å². The minimum Gasteiger partial charge on any atom is -0.412 e. The summed E-state index contributed by atoms with van der Waals surface area (Å²) in [5, 5.41) is 0. The van der Waals surface area contributed by atoms with Gasteiger partial charge in [0.25, 0.3) is 0 Å². The Labute approximate surface area is 138 Å². The van der Waals surface area contributed by atoms with Gasteiger partial charge in [0.2, 0.25) is 0 Å². The zero-order chi connectivity index (χ0) is 13.9. The van der Waals surface area contributed by atoms with Crippen molar-refractivity contribution in [2.45, 2.75) is 90.9 Å². The van der Waals surface area contributed by atoms with Crippen molar-refractivity contribution in [1.29, 1.82) is 0 Å². The van der Waals surface area contributed by atoms with Crippen LogP contribution in [0.15, 0.2) is 0 Å². The Balaban J connectivity index is 0.00000121. The average Bonchev–Trinajstić information content (AvgIpc) is 2.49. The molecule has 0 spiro atoms. The molecule has 4 N–H and O–H groups in total. The van der Waals surface area contributed by atoms with Crippen LogP contribution in [0, 0.1) is 35.5 Å². The van der Waals surface area contributed by atoms with Crippen molar-refractivity contribution in [1.82, 2.24) is 0 Å². The lowest BCUT2D eigenvalue weighted by Gasteiger charge is -2.41. The lowest BCUT2D eigenvalue weighted by molar-refractivity contribution is 0.108. The normalized spacial score (nSPS) is 42.8. The molecule has 2 heteroatoms. The van der Waals surface area contributed by atoms with Crippen LogP contribution in [0.5, 0.6) is 0 Å². The molecule has 0 aromatic heterocycles. The summed E-state index contributed by atoms with van der Waals surface area (Å²) in [5.41, 5.74) is 0. The van der Waals surface area contributed by atoms with Gasteiger partial charge in [-0.3, -0.25) is 0 Å². The zero-order valence-electron chi connectivity index (χ0n) is 14.9. The highest BCUT2D eigenvalue weighted by atomic mass is 16.0. The second kappa shape index (κ2) is 9.27. The standard InChI is InChI=1S/C20H36.2H2O/c1-15-3-7-17(8-4-15)19-11-13-20(14-12-19)18-9-5-16(2)6-10-18;;/h15-20H,3-14H2,1-2H3;2*1H2. The molecule has 0 amide bonds. The van der Waals surface area contributed by atoms with Crippen LogP contribution < -0.4 is 0 Å². The molecular formula is C20H40O2. The van der Waals surface area contributed by atoms with Crippen molar-refractivity contribution in [2.24, 2.45) is 35.5 Å². The van der Waals surface area contributed by atoms with E-state index < -0.39 is 0 Å². The molecule has 2 nitrogen and oxygen atoms in total. The Hall–Kier alpha value is -0.0800. The maximum absolute atomic E-state index is 2.46. The Kier molecular flexibility index (Phi) is 8.42. The van der Waals surface area contributed by atoms with Crippen LogP contribution in [0.4, 0.5) is 0 Å². The third kappa shape index (κ3) is 4.96. The van der Waals surface area contributed by atoms with E-state index >= 15 is 0 Å². The van der Waals surface area contributed by atoms with Gasteiger partial charge in [-0.15, -0.1) is 0 Å². The molecule has 0 radical (unpaired) electrons. The van der Waals surface area contributed by atoms with Crippen LogP contribution in [0.1, 0.15) is 90.9 Å². The summed E-state index contributed by atoms with van der Waals surface area (Å²) < 4.78 is 0. The highest BCUT2D eigenvalue weighted by Crippen LogP contribution is 2.45. The molecule has 0 bridgehead atoms. The van der Waals surface area contributed by atoms with Gasteiger partial charge < -0.3 is 11.0 Å². The maximum Gasteiger partial charge on any atom is -0.0386 e.